The van der Waals surface area contributed by atoms with Crippen LogP contribution >= 0.6 is 0 Å². The highest BCUT2D eigenvalue weighted by Crippen LogP contribution is 2.34. The number of fused-ring (bicyclic) bond motifs is 1. The molecule has 0 aliphatic carbocycles. The first kappa shape index (κ1) is 20.7. The molecule has 0 radical (unpaired) electrons. The molecule has 0 aliphatic rings. The Hall–Kier alpha value is -5.16. The average molecular weight is 444 g/mol. The van der Waals surface area contributed by atoms with Crippen LogP contribution in [-0.2, 0) is 0 Å². The summed E-state index contributed by atoms with van der Waals surface area (Å²) in [5.74, 6) is 0.766. The molecule has 8 heteroatoms. The average Bonchev–Trinajstić information content (AvgIpc) is 3.32. The molecule has 0 bridgehead atoms. The van der Waals surface area contributed by atoms with Crippen LogP contribution in [0.25, 0.3) is 33.7 Å². The van der Waals surface area contributed by atoms with Crippen molar-refractivity contribution in [1.82, 2.24) is 15.0 Å². The van der Waals surface area contributed by atoms with Crippen LogP contribution in [0.15, 0.2) is 89.9 Å². The number of para-hydroxylation sites is 2. The van der Waals surface area contributed by atoms with Gasteiger partial charge in [0.25, 0.3) is 5.69 Å². The van der Waals surface area contributed by atoms with Gasteiger partial charge < -0.3 is 4.98 Å². The number of nitro groups is 1. The van der Waals surface area contributed by atoms with Gasteiger partial charge >= 0.3 is 0 Å². The molecule has 5 rings (SSSR count). The first-order chi connectivity index (χ1) is 16.6. The second-order valence-corrected chi connectivity index (χ2v) is 7.44. The molecule has 162 valence electrons. The molecule has 1 N–H and O–H groups in total. The summed E-state index contributed by atoms with van der Waals surface area (Å²) in [7, 11) is 0. The summed E-state index contributed by atoms with van der Waals surface area (Å²) >= 11 is 0. The Morgan fingerprint density at radius 3 is 2.41 bits per heavy atom. The van der Waals surface area contributed by atoms with E-state index in [2.05, 4.69) is 26.0 Å². The third-order valence-electron chi connectivity index (χ3n) is 5.27. The minimum absolute atomic E-state index is 0.0313. The molecule has 0 spiro atoms. The highest BCUT2D eigenvalue weighted by molar-refractivity contribution is 5.86. The second kappa shape index (κ2) is 8.76. The molecule has 0 atom stereocenters. The summed E-state index contributed by atoms with van der Waals surface area (Å²) in [6.07, 6.45) is 1.64. The Bertz CT molecular complexity index is 1550. The van der Waals surface area contributed by atoms with Crippen molar-refractivity contribution in [1.29, 1.82) is 5.26 Å². The van der Waals surface area contributed by atoms with Crippen molar-refractivity contribution in [3.63, 3.8) is 0 Å². The Kier molecular flexibility index (Phi) is 5.34. The van der Waals surface area contributed by atoms with Crippen LogP contribution in [-0.4, -0.2) is 26.1 Å². The third kappa shape index (κ3) is 4.01. The monoisotopic (exact) mass is 444 g/mol. The SMILES string of the molecule is N#Cc1c(-c2ccc([N+](=O)[O-])cc2)cc(-c2nc3ccccc3[nH]2)nc1N=Cc1ccccc1. The zero-order chi connectivity index (χ0) is 23.5. The second-order valence-electron chi connectivity index (χ2n) is 7.44. The number of nitrogens with zero attached hydrogens (tertiary/aromatic N) is 5. The molecule has 0 fully saturated rings. The summed E-state index contributed by atoms with van der Waals surface area (Å²) in [6, 6.07) is 27.1. The molecule has 3 aromatic carbocycles. The lowest BCUT2D eigenvalue weighted by atomic mass is 9.99. The Morgan fingerprint density at radius 2 is 1.71 bits per heavy atom. The van der Waals surface area contributed by atoms with Crippen molar-refractivity contribution in [3.8, 4) is 28.7 Å². The number of hydrogen-bond donors (Lipinski definition) is 1. The van der Waals surface area contributed by atoms with Gasteiger partial charge in [-0.05, 0) is 41.5 Å². The van der Waals surface area contributed by atoms with E-state index in [1.807, 2.05) is 54.6 Å². The first-order valence-corrected chi connectivity index (χ1v) is 10.4. The van der Waals surface area contributed by atoms with Crippen LogP contribution in [0.4, 0.5) is 11.5 Å². The van der Waals surface area contributed by atoms with Crippen molar-refractivity contribution in [3.05, 3.63) is 106 Å². The highest BCUT2D eigenvalue weighted by atomic mass is 16.6. The standard InChI is InChI=1S/C26H16N6O2/c27-15-21-20(18-10-12-19(13-11-18)32(33)34)14-24(26-29-22-8-4-5-9-23(22)30-26)31-25(21)28-16-17-6-2-1-3-7-17/h1-14,16H,(H,29,30). The fourth-order valence-corrected chi connectivity index (χ4v) is 3.60. The van der Waals surface area contributed by atoms with E-state index in [1.54, 1.807) is 24.4 Å². The summed E-state index contributed by atoms with van der Waals surface area (Å²) < 4.78 is 0. The Labute approximate surface area is 194 Å². The number of hydrogen-bond acceptors (Lipinski definition) is 6. The van der Waals surface area contributed by atoms with E-state index < -0.39 is 4.92 Å². The van der Waals surface area contributed by atoms with E-state index in [0.717, 1.165) is 16.6 Å². The molecule has 34 heavy (non-hydrogen) atoms. The zero-order valence-electron chi connectivity index (χ0n) is 17.7. The van der Waals surface area contributed by atoms with Crippen LogP contribution in [0.2, 0.25) is 0 Å². The van der Waals surface area contributed by atoms with Crippen molar-refractivity contribution in [2.45, 2.75) is 0 Å². The maximum atomic E-state index is 11.1. The van der Waals surface area contributed by atoms with Crippen molar-refractivity contribution < 1.29 is 4.92 Å². The maximum Gasteiger partial charge on any atom is 0.269 e. The van der Waals surface area contributed by atoms with E-state index in [4.69, 9.17) is 0 Å². The smallest absolute Gasteiger partial charge is 0.269 e. The van der Waals surface area contributed by atoms with Gasteiger partial charge in [0.15, 0.2) is 11.6 Å². The predicted molar refractivity (Wildman–Crippen MR) is 130 cm³/mol. The van der Waals surface area contributed by atoms with Gasteiger partial charge in [0, 0.05) is 23.9 Å². The number of aromatic nitrogens is 3. The third-order valence-corrected chi connectivity index (χ3v) is 5.27. The number of nitro benzene ring substituents is 1. The minimum atomic E-state index is -0.461. The lowest BCUT2D eigenvalue weighted by molar-refractivity contribution is -0.384. The van der Waals surface area contributed by atoms with E-state index in [-0.39, 0.29) is 17.1 Å². The van der Waals surface area contributed by atoms with Crippen LogP contribution in [0.1, 0.15) is 11.1 Å². The van der Waals surface area contributed by atoms with Gasteiger partial charge in [-0.2, -0.15) is 5.26 Å². The number of aromatic amines is 1. The van der Waals surface area contributed by atoms with Crippen molar-refractivity contribution >= 4 is 28.8 Å². The lowest BCUT2D eigenvalue weighted by Crippen LogP contribution is -1.95. The minimum Gasteiger partial charge on any atom is -0.337 e. The van der Waals surface area contributed by atoms with Gasteiger partial charge in [-0.15, -0.1) is 0 Å². The van der Waals surface area contributed by atoms with Crippen molar-refractivity contribution in [2.75, 3.05) is 0 Å². The van der Waals surface area contributed by atoms with Crippen LogP contribution < -0.4 is 0 Å². The predicted octanol–water partition coefficient (Wildman–Crippen LogP) is 5.82. The molecule has 0 saturated heterocycles. The topological polar surface area (TPSA) is 121 Å². The number of imidazole rings is 1. The normalized spacial score (nSPS) is 11.0. The zero-order valence-corrected chi connectivity index (χ0v) is 17.7. The molecule has 8 nitrogen and oxygen atoms in total. The van der Waals surface area contributed by atoms with Gasteiger partial charge in [0.1, 0.15) is 17.3 Å². The van der Waals surface area contributed by atoms with Crippen molar-refractivity contribution in [2.24, 2.45) is 4.99 Å². The number of pyridine rings is 1. The van der Waals surface area contributed by atoms with Crippen LogP contribution in [0, 0.1) is 21.4 Å². The highest BCUT2D eigenvalue weighted by Gasteiger charge is 2.17. The van der Waals surface area contributed by atoms with E-state index in [9.17, 15) is 15.4 Å². The number of aliphatic imine (C=N–C) groups is 1. The molecule has 5 aromatic rings. The number of non-ortho nitro benzene ring substituents is 1. The Balaban J connectivity index is 1.70. The molecular formula is C26H16N6O2. The number of H-pyrrole nitrogens is 1. The molecule has 2 aromatic heterocycles. The van der Waals surface area contributed by atoms with Crippen LogP contribution in [0.5, 0.6) is 0 Å². The largest absolute Gasteiger partial charge is 0.337 e. The number of rotatable bonds is 5. The van der Waals surface area contributed by atoms with E-state index in [0.29, 0.717) is 22.6 Å². The molecule has 2 heterocycles. The molecule has 0 unspecified atom stereocenters. The lowest BCUT2D eigenvalue weighted by Gasteiger charge is -2.09. The number of nitrogens with one attached hydrogen (secondary N) is 1. The maximum absolute atomic E-state index is 11.1. The summed E-state index contributed by atoms with van der Waals surface area (Å²) in [5.41, 5.74) is 4.44. The first-order valence-electron chi connectivity index (χ1n) is 10.4. The quantitative estimate of drug-likeness (QED) is 0.208. The Morgan fingerprint density at radius 1 is 0.971 bits per heavy atom. The summed E-state index contributed by atoms with van der Waals surface area (Å²) in [4.78, 5) is 27.6. The van der Waals surface area contributed by atoms with Gasteiger partial charge in [0.2, 0.25) is 0 Å². The van der Waals surface area contributed by atoms with Gasteiger partial charge in [-0.1, -0.05) is 42.5 Å². The van der Waals surface area contributed by atoms with Gasteiger partial charge in [-0.3, -0.25) is 10.1 Å². The van der Waals surface area contributed by atoms with E-state index in [1.165, 1.54) is 12.1 Å². The summed E-state index contributed by atoms with van der Waals surface area (Å²) in [5, 5.41) is 21.1. The fraction of sp³-hybridized carbons (Fsp3) is 0. The molecule has 0 aliphatic heterocycles. The molecule has 0 amide bonds. The number of nitriles is 1. The fourth-order valence-electron chi connectivity index (χ4n) is 3.60. The number of benzene rings is 3. The van der Waals surface area contributed by atoms with Crippen LogP contribution in [0.3, 0.4) is 0 Å². The molecule has 0 saturated carbocycles. The van der Waals surface area contributed by atoms with Gasteiger partial charge in [-0.25, -0.2) is 15.0 Å². The van der Waals surface area contributed by atoms with Gasteiger partial charge in [0.05, 0.1) is 16.0 Å². The molecular weight excluding hydrogens is 428 g/mol. The van der Waals surface area contributed by atoms with E-state index >= 15 is 0 Å². The summed E-state index contributed by atoms with van der Waals surface area (Å²) in [6.45, 7) is 0.